The fraction of sp³-hybridized carbons (Fsp3) is 0.500. The van der Waals surface area contributed by atoms with Crippen LogP contribution in [0.25, 0.3) is 11.2 Å². The van der Waals surface area contributed by atoms with Gasteiger partial charge in [0, 0.05) is 6.42 Å². The molecular weight excluding hydrogens is 459 g/mol. The van der Waals surface area contributed by atoms with Crippen molar-refractivity contribution in [3.8, 4) is 0 Å². The molecular formula is C10H16N5O11P3. The van der Waals surface area contributed by atoms with Crippen LogP contribution in [0.4, 0.5) is 5.82 Å². The summed E-state index contributed by atoms with van der Waals surface area (Å²) in [5, 5.41) is 0. The van der Waals surface area contributed by atoms with Gasteiger partial charge in [0.05, 0.1) is 18.5 Å². The number of anilines is 1. The van der Waals surface area contributed by atoms with Gasteiger partial charge in [0.15, 0.2) is 11.5 Å². The molecule has 5 atom stereocenters. The Morgan fingerprint density at radius 1 is 1.14 bits per heavy atom. The van der Waals surface area contributed by atoms with Crippen molar-refractivity contribution in [3.63, 3.8) is 0 Å². The number of rotatable bonds is 7. The molecule has 0 bridgehead atoms. The molecule has 0 aliphatic carbocycles. The molecule has 19 heteroatoms. The number of hydrogen-bond acceptors (Lipinski definition) is 11. The summed E-state index contributed by atoms with van der Waals surface area (Å²) in [7, 11) is -16.4. The number of aromatic nitrogens is 4. The molecule has 3 rings (SSSR count). The largest absolute Gasteiger partial charge is 0.490 e. The zero-order chi connectivity index (χ0) is 21.6. The van der Waals surface area contributed by atoms with Crippen LogP contribution in [-0.2, 0) is 31.6 Å². The molecule has 0 spiro atoms. The van der Waals surface area contributed by atoms with Crippen molar-refractivity contribution in [3.05, 3.63) is 12.7 Å². The van der Waals surface area contributed by atoms with Gasteiger partial charge < -0.3 is 30.0 Å². The Morgan fingerprint density at radius 2 is 1.83 bits per heavy atom. The Bertz CT molecular complexity index is 1060. The van der Waals surface area contributed by atoms with Gasteiger partial charge in [-0.2, -0.15) is 8.62 Å². The smallest absolute Gasteiger partial charge is 0.382 e. The third-order valence-corrected chi connectivity index (χ3v) is 7.58. The maximum atomic E-state index is 12.0. The highest BCUT2D eigenvalue weighted by atomic mass is 31.3. The van der Waals surface area contributed by atoms with Crippen LogP contribution in [-0.4, -0.2) is 51.3 Å². The topological polar surface area (TPSA) is 239 Å². The molecule has 2 aromatic heterocycles. The number of nitrogens with two attached hydrogens (primary N) is 1. The van der Waals surface area contributed by atoms with Crippen LogP contribution in [0.1, 0.15) is 19.6 Å². The first-order valence-electron chi connectivity index (χ1n) is 7.67. The summed E-state index contributed by atoms with van der Waals surface area (Å²) in [6.45, 7) is 1.50. The van der Waals surface area contributed by atoms with E-state index in [4.69, 9.17) is 24.8 Å². The van der Waals surface area contributed by atoms with Crippen molar-refractivity contribution in [2.45, 2.75) is 31.8 Å². The lowest BCUT2D eigenvalue weighted by Gasteiger charge is -2.20. The second-order valence-corrected chi connectivity index (χ2v) is 10.2. The van der Waals surface area contributed by atoms with E-state index < -0.39 is 41.9 Å². The summed E-state index contributed by atoms with van der Waals surface area (Å²) in [5.41, 5.74) is 6.37. The van der Waals surface area contributed by atoms with Crippen molar-refractivity contribution in [1.82, 2.24) is 19.5 Å². The summed E-state index contributed by atoms with van der Waals surface area (Å²) in [6.07, 6.45) is -0.0805. The summed E-state index contributed by atoms with van der Waals surface area (Å²) in [4.78, 5) is 47.9. The van der Waals surface area contributed by atoms with Gasteiger partial charge in [-0.05, 0) is 6.92 Å². The van der Waals surface area contributed by atoms with Gasteiger partial charge in [-0.1, -0.05) is 0 Å². The Labute approximate surface area is 162 Å². The fourth-order valence-corrected chi connectivity index (χ4v) is 5.90. The number of phosphoric acid groups is 3. The van der Waals surface area contributed by atoms with E-state index in [2.05, 4.69) is 23.6 Å². The lowest BCUT2D eigenvalue weighted by atomic mass is 10.2. The van der Waals surface area contributed by atoms with Gasteiger partial charge in [-0.3, -0.25) is 9.09 Å². The normalized spacial score (nSPS) is 27.0. The Hall–Kier alpha value is -1.28. The van der Waals surface area contributed by atoms with Crippen LogP contribution in [0.3, 0.4) is 0 Å². The second kappa shape index (κ2) is 7.76. The average molecular weight is 475 g/mol. The maximum absolute atomic E-state index is 12.0. The van der Waals surface area contributed by atoms with E-state index in [-0.39, 0.29) is 12.2 Å². The van der Waals surface area contributed by atoms with Crippen molar-refractivity contribution in [2.75, 3.05) is 5.73 Å². The van der Waals surface area contributed by atoms with Crippen molar-refractivity contribution in [2.24, 2.45) is 0 Å². The van der Waals surface area contributed by atoms with E-state index in [1.165, 1.54) is 24.1 Å². The summed E-state index contributed by atoms with van der Waals surface area (Å²) in [6, 6.07) is 0. The highest BCUT2D eigenvalue weighted by Gasteiger charge is 2.45. The zero-order valence-corrected chi connectivity index (χ0v) is 17.1. The van der Waals surface area contributed by atoms with Crippen molar-refractivity contribution in [1.29, 1.82) is 0 Å². The number of phosphoric ester groups is 1. The quantitative estimate of drug-likeness (QED) is 0.341. The van der Waals surface area contributed by atoms with Crippen LogP contribution in [0.5, 0.6) is 0 Å². The van der Waals surface area contributed by atoms with E-state index in [1.807, 2.05) is 0 Å². The first-order chi connectivity index (χ1) is 13.3. The van der Waals surface area contributed by atoms with Crippen molar-refractivity contribution < 1.29 is 51.2 Å². The first-order valence-corrected chi connectivity index (χ1v) is 12.2. The minimum Gasteiger partial charge on any atom is -0.382 e. The Balaban J connectivity index is 1.72. The third kappa shape index (κ3) is 5.45. The SMILES string of the molecule is C[C@@H]1O[C@H](n2cnc3c(N)ncnc32)C[C@H]1OP(=O)(O)OP(=O)(O)OP(=O)(O)O. The molecule has 2 unspecified atom stereocenters. The maximum Gasteiger partial charge on any atom is 0.490 e. The predicted octanol–water partition coefficient (Wildman–Crippen LogP) is 0.428. The zero-order valence-electron chi connectivity index (χ0n) is 14.4. The van der Waals surface area contributed by atoms with Gasteiger partial charge in [0.25, 0.3) is 0 Å². The molecule has 0 aromatic carbocycles. The summed E-state index contributed by atoms with van der Waals surface area (Å²) in [5.74, 6) is 0.143. The number of imidazole rings is 1. The van der Waals surface area contributed by atoms with Gasteiger partial charge in [-0.25, -0.2) is 28.6 Å². The lowest BCUT2D eigenvalue weighted by molar-refractivity contribution is -0.00651. The van der Waals surface area contributed by atoms with E-state index in [1.54, 1.807) is 0 Å². The first kappa shape index (κ1) is 22.4. The van der Waals surface area contributed by atoms with Crippen LogP contribution < -0.4 is 5.73 Å². The predicted molar refractivity (Wildman–Crippen MR) is 92.7 cm³/mol. The van der Waals surface area contributed by atoms with Gasteiger partial charge in [-0.15, -0.1) is 0 Å². The van der Waals surface area contributed by atoms with Crippen LogP contribution in [0.2, 0.25) is 0 Å². The fourth-order valence-electron chi connectivity index (χ4n) is 2.64. The Kier molecular flexibility index (Phi) is 6.00. The molecule has 29 heavy (non-hydrogen) atoms. The summed E-state index contributed by atoms with van der Waals surface area (Å²) >= 11 is 0. The average Bonchev–Trinajstić information content (AvgIpc) is 3.08. The van der Waals surface area contributed by atoms with Gasteiger partial charge in [0.1, 0.15) is 18.1 Å². The molecule has 162 valence electrons. The van der Waals surface area contributed by atoms with Crippen LogP contribution in [0, 0.1) is 0 Å². The lowest BCUT2D eigenvalue weighted by Crippen LogP contribution is -2.20. The standard InChI is InChI=1S/C10H16N5O11P3/c1-5-6(24-28(19,20)26-29(21,22)25-27(16,17)18)2-7(23-5)15-4-14-8-9(11)12-3-13-10(8)15/h3-7H,2H2,1H3,(H,19,20)(H,21,22)(H2,11,12,13)(H2,16,17,18)/t5-,6+,7-/m0/s1. The molecule has 3 heterocycles. The third-order valence-electron chi connectivity index (χ3n) is 3.71. The molecule has 1 fully saturated rings. The van der Waals surface area contributed by atoms with Crippen LogP contribution >= 0.6 is 23.5 Å². The summed E-state index contributed by atoms with van der Waals surface area (Å²) < 4.78 is 53.4. The number of ether oxygens (including phenoxy) is 1. The minimum atomic E-state index is -5.60. The van der Waals surface area contributed by atoms with E-state index in [0.29, 0.717) is 11.2 Å². The van der Waals surface area contributed by atoms with Gasteiger partial charge in [0.2, 0.25) is 0 Å². The number of fused-ring (bicyclic) bond motifs is 1. The van der Waals surface area contributed by atoms with E-state index in [0.717, 1.165) is 0 Å². The molecule has 2 aromatic rings. The van der Waals surface area contributed by atoms with Crippen LogP contribution in [0.15, 0.2) is 12.7 Å². The molecule has 1 saturated heterocycles. The molecule has 0 radical (unpaired) electrons. The second-order valence-electron chi connectivity index (χ2n) is 5.85. The van der Waals surface area contributed by atoms with E-state index >= 15 is 0 Å². The minimum absolute atomic E-state index is 0.0282. The highest BCUT2D eigenvalue weighted by Crippen LogP contribution is 2.67. The number of hydrogen-bond donors (Lipinski definition) is 5. The number of nitrogens with zero attached hydrogens (tertiary/aromatic N) is 4. The van der Waals surface area contributed by atoms with Crippen molar-refractivity contribution >= 4 is 40.4 Å². The molecule has 0 saturated carbocycles. The molecule has 1 aliphatic heterocycles. The molecule has 16 nitrogen and oxygen atoms in total. The van der Waals surface area contributed by atoms with E-state index in [9.17, 15) is 23.5 Å². The molecule has 1 aliphatic rings. The van der Waals surface area contributed by atoms with Gasteiger partial charge >= 0.3 is 23.5 Å². The Morgan fingerprint density at radius 3 is 2.48 bits per heavy atom. The number of nitrogen functional groups attached to an aromatic ring is 1. The molecule has 0 amide bonds. The highest BCUT2D eigenvalue weighted by molar-refractivity contribution is 7.66. The molecule has 6 N–H and O–H groups in total. The monoisotopic (exact) mass is 475 g/mol.